The SMILES string of the molecule is C=Cc1c(F)ccc2cc(N)c(F)c(C(C)C)c12.CC. The molecule has 1 nitrogen and oxygen atoms in total. The van der Waals surface area contributed by atoms with Gasteiger partial charge in [0.2, 0.25) is 0 Å². The van der Waals surface area contributed by atoms with E-state index >= 15 is 0 Å². The molecule has 0 spiro atoms. The number of hydrogen-bond acceptors (Lipinski definition) is 1. The van der Waals surface area contributed by atoms with Crippen LogP contribution in [0.4, 0.5) is 14.5 Å². The second-order valence-electron chi connectivity index (χ2n) is 4.61. The molecule has 0 unspecified atom stereocenters. The Balaban J connectivity index is 0.000000956. The first kappa shape index (κ1) is 16.2. The number of fused-ring (bicyclic) bond motifs is 1. The summed E-state index contributed by atoms with van der Waals surface area (Å²) in [6.07, 6.45) is 1.42. The van der Waals surface area contributed by atoms with Gasteiger partial charge < -0.3 is 5.73 Å². The molecule has 0 fully saturated rings. The monoisotopic (exact) mass is 277 g/mol. The van der Waals surface area contributed by atoms with Crippen LogP contribution in [-0.2, 0) is 0 Å². The van der Waals surface area contributed by atoms with Crippen LogP contribution in [0.25, 0.3) is 16.8 Å². The van der Waals surface area contributed by atoms with Crippen LogP contribution in [0.2, 0.25) is 0 Å². The molecule has 2 rings (SSSR count). The third-order valence-corrected chi connectivity index (χ3v) is 3.08. The number of benzene rings is 2. The Hall–Kier alpha value is -1.90. The van der Waals surface area contributed by atoms with Gasteiger partial charge in [-0.05, 0) is 28.8 Å². The smallest absolute Gasteiger partial charge is 0.150 e. The van der Waals surface area contributed by atoms with Crippen molar-refractivity contribution in [3.05, 3.63) is 47.5 Å². The molecule has 0 heterocycles. The van der Waals surface area contributed by atoms with E-state index in [1.165, 1.54) is 18.2 Å². The van der Waals surface area contributed by atoms with Gasteiger partial charge in [-0.25, -0.2) is 8.78 Å². The van der Waals surface area contributed by atoms with E-state index in [1.54, 1.807) is 6.07 Å². The molecule has 2 aromatic rings. The van der Waals surface area contributed by atoms with Gasteiger partial charge in [0.1, 0.15) is 11.6 Å². The topological polar surface area (TPSA) is 26.0 Å². The summed E-state index contributed by atoms with van der Waals surface area (Å²) in [7, 11) is 0. The lowest BCUT2D eigenvalue weighted by Gasteiger charge is -2.16. The van der Waals surface area contributed by atoms with E-state index in [1.807, 2.05) is 27.7 Å². The fourth-order valence-corrected chi connectivity index (χ4v) is 2.27. The molecule has 0 aliphatic heterocycles. The Kier molecular flexibility index (Phi) is 5.26. The highest BCUT2D eigenvalue weighted by Crippen LogP contribution is 2.35. The number of rotatable bonds is 2. The van der Waals surface area contributed by atoms with E-state index < -0.39 is 11.6 Å². The third kappa shape index (κ3) is 2.67. The van der Waals surface area contributed by atoms with Gasteiger partial charge in [-0.2, -0.15) is 0 Å². The lowest BCUT2D eigenvalue weighted by Crippen LogP contribution is -2.02. The number of halogens is 2. The van der Waals surface area contributed by atoms with Gasteiger partial charge in [0, 0.05) is 11.1 Å². The lowest BCUT2D eigenvalue weighted by molar-refractivity contribution is 0.605. The van der Waals surface area contributed by atoms with Crippen molar-refractivity contribution < 1.29 is 8.78 Å². The van der Waals surface area contributed by atoms with E-state index in [2.05, 4.69) is 6.58 Å². The maximum Gasteiger partial charge on any atom is 0.150 e. The van der Waals surface area contributed by atoms with E-state index in [0.29, 0.717) is 16.5 Å². The van der Waals surface area contributed by atoms with Crippen molar-refractivity contribution in [1.82, 2.24) is 0 Å². The number of nitrogen functional groups attached to an aromatic ring is 1. The summed E-state index contributed by atoms with van der Waals surface area (Å²) < 4.78 is 27.9. The lowest BCUT2D eigenvalue weighted by atomic mass is 9.91. The van der Waals surface area contributed by atoms with E-state index in [4.69, 9.17) is 5.73 Å². The minimum absolute atomic E-state index is 0.0866. The molecule has 108 valence electrons. The molecule has 0 amide bonds. The van der Waals surface area contributed by atoms with Gasteiger partial charge >= 0.3 is 0 Å². The first-order valence-corrected chi connectivity index (χ1v) is 6.79. The molecule has 0 atom stereocenters. The summed E-state index contributed by atoms with van der Waals surface area (Å²) in [5.41, 5.74) is 6.52. The zero-order chi connectivity index (χ0) is 15.4. The van der Waals surface area contributed by atoms with Crippen molar-refractivity contribution in [2.75, 3.05) is 5.73 Å². The minimum Gasteiger partial charge on any atom is -0.396 e. The molecule has 0 radical (unpaired) electrons. The summed E-state index contributed by atoms with van der Waals surface area (Å²) in [4.78, 5) is 0. The maximum absolute atomic E-state index is 14.1. The standard InChI is InChI=1S/C15H15F2N.C2H6/c1-4-10-11(16)6-5-9-7-12(18)15(17)13(8(2)3)14(9)10;1-2/h4-8H,1,18H2,2-3H3;1-2H3. The molecule has 0 aliphatic rings. The summed E-state index contributed by atoms with van der Waals surface area (Å²) in [6.45, 7) is 11.3. The first-order chi connectivity index (χ1) is 9.47. The molecule has 20 heavy (non-hydrogen) atoms. The molecular formula is C17H21F2N. The molecule has 3 heteroatoms. The first-order valence-electron chi connectivity index (χ1n) is 6.79. The quantitative estimate of drug-likeness (QED) is 0.721. The van der Waals surface area contributed by atoms with Gasteiger partial charge in [-0.3, -0.25) is 0 Å². The average molecular weight is 277 g/mol. The van der Waals surface area contributed by atoms with Gasteiger partial charge in [0.25, 0.3) is 0 Å². The highest BCUT2D eigenvalue weighted by atomic mass is 19.1. The van der Waals surface area contributed by atoms with Crippen LogP contribution >= 0.6 is 0 Å². The van der Waals surface area contributed by atoms with Crippen LogP contribution < -0.4 is 5.73 Å². The normalized spacial score (nSPS) is 10.3. The van der Waals surface area contributed by atoms with Gasteiger partial charge in [-0.15, -0.1) is 0 Å². The number of nitrogens with two attached hydrogens (primary N) is 1. The third-order valence-electron chi connectivity index (χ3n) is 3.08. The van der Waals surface area contributed by atoms with Crippen molar-refractivity contribution in [1.29, 1.82) is 0 Å². The molecule has 0 bridgehead atoms. The summed E-state index contributed by atoms with van der Waals surface area (Å²) in [5, 5.41) is 1.29. The van der Waals surface area contributed by atoms with Crippen LogP contribution in [0.5, 0.6) is 0 Å². The van der Waals surface area contributed by atoms with Crippen LogP contribution in [0, 0.1) is 11.6 Å². The Morgan fingerprint density at radius 3 is 2.30 bits per heavy atom. The second-order valence-corrected chi connectivity index (χ2v) is 4.61. The van der Waals surface area contributed by atoms with Crippen molar-refractivity contribution >= 4 is 22.5 Å². The second kappa shape index (κ2) is 6.51. The molecule has 0 saturated heterocycles. The Morgan fingerprint density at radius 2 is 1.80 bits per heavy atom. The van der Waals surface area contributed by atoms with Crippen LogP contribution in [0.1, 0.15) is 44.7 Å². The number of anilines is 1. The Morgan fingerprint density at radius 1 is 1.20 bits per heavy atom. The van der Waals surface area contributed by atoms with Gasteiger partial charge in [0.05, 0.1) is 5.69 Å². The average Bonchev–Trinajstić information content (AvgIpc) is 2.42. The number of hydrogen-bond donors (Lipinski definition) is 1. The summed E-state index contributed by atoms with van der Waals surface area (Å²) in [6, 6.07) is 4.49. The van der Waals surface area contributed by atoms with Crippen LogP contribution in [0.3, 0.4) is 0 Å². The van der Waals surface area contributed by atoms with E-state index in [-0.39, 0.29) is 11.6 Å². The van der Waals surface area contributed by atoms with E-state index in [0.717, 1.165) is 5.39 Å². The van der Waals surface area contributed by atoms with Crippen molar-refractivity contribution in [2.24, 2.45) is 0 Å². The van der Waals surface area contributed by atoms with Crippen molar-refractivity contribution in [3.63, 3.8) is 0 Å². The summed E-state index contributed by atoms with van der Waals surface area (Å²) in [5.74, 6) is -0.953. The van der Waals surface area contributed by atoms with Crippen LogP contribution in [-0.4, -0.2) is 0 Å². The molecular weight excluding hydrogens is 256 g/mol. The fourth-order valence-electron chi connectivity index (χ4n) is 2.27. The molecule has 2 aromatic carbocycles. The molecule has 0 aliphatic carbocycles. The zero-order valence-corrected chi connectivity index (χ0v) is 12.4. The predicted molar refractivity (Wildman–Crippen MR) is 83.8 cm³/mol. The molecule has 0 saturated carbocycles. The van der Waals surface area contributed by atoms with Crippen molar-refractivity contribution in [3.8, 4) is 0 Å². The minimum atomic E-state index is -0.466. The van der Waals surface area contributed by atoms with Gasteiger partial charge in [0.15, 0.2) is 0 Å². The highest BCUT2D eigenvalue weighted by molar-refractivity contribution is 5.96. The van der Waals surface area contributed by atoms with Gasteiger partial charge in [-0.1, -0.05) is 46.4 Å². The maximum atomic E-state index is 14.1. The van der Waals surface area contributed by atoms with E-state index in [9.17, 15) is 8.78 Å². The largest absolute Gasteiger partial charge is 0.396 e. The van der Waals surface area contributed by atoms with Crippen molar-refractivity contribution in [2.45, 2.75) is 33.6 Å². The molecule has 2 N–H and O–H groups in total. The predicted octanol–water partition coefficient (Wildman–Crippen LogP) is 5.49. The molecule has 0 aromatic heterocycles. The van der Waals surface area contributed by atoms with Crippen LogP contribution in [0.15, 0.2) is 24.8 Å². The Bertz CT molecular complexity index is 631. The highest BCUT2D eigenvalue weighted by Gasteiger charge is 2.18. The summed E-state index contributed by atoms with van der Waals surface area (Å²) >= 11 is 0. The zero-order valence-electron chi connectivity index (χ0n) is 12.4. The Labute approximate surface area is 119 Å². The fraction of sp³-hybridized carbons (Fsp3) is 0.294.